The second kappa shape index (κ2) is 4.19. The highest BCUT2D eigenvalue weighted by atomic mass is 16.4. The number of hydrogen-bond donors (Lipinski definition) is 2. The molecular weight excluding hydrogens is 260 g/mol. The van der Waals surface area contributed by atoms with E-state index in [0.717, 1.165) is 30.6 Å². The topological polar surface area (TPSA) is 90.5 Å². The molecule has 0 atom stereocenters. The third-order valence-electron chi connectivity index (χ3n) is 4.34. The molecule has 2 fully saturated rings. The lowest BCUT2D eigenvalue weighted by atomic mass is 9.84. The highest BCUT2D eigenvalue weighted by Gasteiger charge is 2.53. The predicted octanol–water partition coefficient (Wildman–Crippen LogP) is 1.85. The summed E-state index contributed by atoms with van der Waals surface area (Å²) in [6.07, 6.45) is 3.55. The smallest absolute Gasteiger partial charge is 0.354 e. The number of aryl methyl sites for hydroxylation is 1. The first kappa shape index (κ1) is 12.9. The Labute approximate surface area is 115 Å². The number of aromatic carboxylic acids is 1. The molecule has 20 heavy (non-hydrogen) atoms. The summed E-state index contributed by atoms with van der Waals surface area (Å²) in [6.45, 7) is 1.70. The van der Waals surface area contributed by atoms with Crippen LogP contribution in [0.5, 0.6) is 0 Å². The fourth-order valence-electron chi connectivity index (χ4n) is 3.39. The zero-order valence-electron chi connectivity index (χ0n) is 11.2. The first-order valence-corrected chi connectivity index (χ1v) is 6.75. The minimum absolute atomic E-state index is 0.0979. The molecule has 1 aliphatic carbocycles. The van der Waals surface area contributed by atoms with Crippen molar-refractivity contribution in [2.45, 2.75) is 39.0 Å². The largest absolute Gasteiger partial charge is 0.477 e. The van der Waals surface area contributed by atoms with Gasteiger partial charge in [-0.05, 0) is 25.8 Å². The van der Waals surface area contributed by atoms with Crippen LogP contribution in [0.2, 0.25) is 0 Å². The van der Waals surface area contributed by atoms with Crippen LogP contribution in [0.25, 0.3) is 0 Å². The van der Waals surface area contributed by atoms with Crippen LogP contribution < -0.4 is 4.90 Å². The second-order valence-corrected chi connectivity index (χ2v) is 5.72. The van der Waals surface area contributed by atoms with Gasteiger partial charge in [0, 0.05) is 12.1 Å². The lowest BCUT2D eigenvalue weighted by Gasteiger charge is -2.20. The van der Waals surface area contributed by atoms with E-state index in [1.54, 1.807) is 13.0 Å². The third-order valence-corrected chi connectivity index (χ3v) is 4.34. The molecule has 2 N–H and O–H groups in total. The monoisotopic (exact) mass is 276 g/mol. The number of carbonyl (C=O) groups is 3. The van der Waals surface area contributed by atoms with Crippen molar-refractivity contribution in [3.05, 3.63) is 17.5 Å². The van der Waals surface area contributed by atoms with Crippen LogP contribution in [-0.2, 0) is 9.59 Å². The van der Waals surface area contributed by atoms with E-state index in [-0.39, 0.29) is 29.6 Å². The molecule has 1 saturated carbocycles. The molecule has 0 radical (unpaired) electrons. The van der Waals surface area contributed by atoms with Crippen molar-refractivity contribution < 1.29 is 19.5 Å². The van der Waals surface area contributed by atoms with E-state index in [2.05, 4.69) is 4.98 Å². The first-order valence-electron chi connectivity index (χ1n) is 6.75. The van der Waals surface area contributed by atoms with Gasteiger partial charge in [-0.15, -0.1) is 0 Å². The molecule has 1 aromatic heterocycles. The van der Waals surface area contributed by atoms with E-state index in [4.69, 9.17) is 0 Å². The van der Waals surface area contributed by atoms with E-state index in [9.17, 15) is 19.5 Å². The van der Waals surface area contributed by atoms with Crippen LogP contribution in [0.1, 0.15) is 48.3 Å². The van der Waals surface area contributed by atoms with Crippen LogP contribution in [0.15, 0.2) is 6.07 Å². The number of nitrogens with one attached hydrogen (secondary N) is 1. The normalized spacial score (nSPS) is 21.1. The number of anilines is 1. The SMILES string of the molecule is Cc1cc(N2C(=O)CC3(CCCC3)C2=O)c(C(=O)O)[nH]1. The number of H-pyrrole nitrogens is 1. The second-order valence-electron chi connectivity index (χ2n) is 5.72. The lowest BCUT2D eigenvalue weighted by molar-refractivity contribution is -0.125. The van der Waals surface area contributed by atoms with Crippen LogP contribution >= 0.6 is 0 Å². The molecule has 0 aromatic carbocycles. The van der Waals surface area contributed by atoms with E-state index in [1.807, 2.05) is 0 Å². The summed E-state index contributed by atoms with van der Waals surface area (Å²) in [5, 5.41) is 9.19. The Morgan fingerprint density at radius 1 is 1.35 bits per heavy atom. The Morgan fingerprint density at radius 3 is 2.60 bits per heavy atom. The molecule has 2 amide bonds. The predicted molar refractivity (Wildman–Crippen MR) is 70.5 cm³/mol. The molecule has 2 aliphatic rings. The molecule has 1 saturated heterocycles. The Balaban J connectivity index is 2.04. The van der Waals surface area contributed by atoms with Gasteiger partial charge in [0.1, 0.15) is 5.69 Å². The number of amides is 2. The van der Waals surface area contributed by atoms with Crippen LogP contribution in [0, 0.1) is 12.3 Å². The standard InChI is InChI=1S/C14H16N2O4/c1-8-6-9(11(15-8)12(18)19)16-10(17)7-14(13(16)20)4-2-3-5-14/h6,15H,2-5,7H2,1H3,(H,18,19). The summed E-state index contributed by atoms with van der Waals surface area (Å²) >= 11 is 0. The number of carbonyl (C=O) groups excluding carboxylic acids is 2. The van der Waals surface area contributed by atoms with Gasteiger partial charge >= 0.3 is 5.97 Å². The van der Waals surface area contributed by atoms with Gasteiger partial charge in [-0.25, -0.2) is 9.69 Å². The Morgan fingerprint density at radius 2 is 2.00 bits per heavy atom. The van der Waals surface area contributed by atoms with Gasteiger partial charge in [0.2, 0.25) is 11.8 Å². The minimum Gasteiger partial charge on any atom is -0.477 e. The quantitative estimate of drug-likeness (QED) is 0.806. The van der Waals surface area contributed by atoms with E-state index < -0.39 is 11.4 Å². The van der Waals surface area contributed by atoms with Gasteiger partial charge in [0.25, 0.3) is 0 Å². The molecule has 6 heteroatoms. The average molecular weight is 276 g/mol. The number of carboxylic acids is 1. The Hall–Kier alpha value is -2.11. The minimum atomic E-state index is -1.17. The van der Waals surface area contributed by atoms with Crippen molar-refractivity contribution in [3.8, 4) is 0 Å². The number of nitrogens with zero attached hydrogens (tertiary/aromatic N) is 1. The van der Waals surface area contributed by atoms with Crippen LogP contribution in [0.4, 0.5) is 5.69 Å². The molecule has 106 valence electrons. The molecule has 1 spiro atoms. The molecular formula is C14H16N2O4. The van der Waals surface area contributed by atoms with Gasteiger partial charge in [-0.2, -0.15) is 0 Å². The molecule has 2 heterocycles. The summed E-state index contributed by atoms with van der Waals surface area (Å²) in [6, 6.07) is 1.55. The van der Waals surface area contributed by atoms with Crippen molar-refractivity contribution in [2.24, 2.45) is 5.41 Å². The van der Waals surface area contributed by atoms with Gasteiger partial charge < -0.3 is 10.1 Å². The summed E-state index contributed by atoms with van der Waals surface area (Å²) < 4.78 is 0. The molecule has 3 rings (SSSR count). The molecule has 1 aliphatic heterocycles. The first-order chi connectivity index (χ1) is 9.44. The molecule has 0 bridgehead atoms. The fraction of sp³-hybridized carbons (Fsp3) is 0.500. The van der Waals surface area contributed by atoms with Crippen molar-refractivity contribution in [2.75, 3.05) is 4.90 Å². The maximum absolute atomic E-state index is 12.6. The highest BCUT2D eigenvalue weighted by Crippen LogP contribution is 2.48. The van der Waals surface area contributed by atoms with Gasteiger partial charge in [0.15, 0.2) is 0 Å². The van der Waals surface area contributed by atoms with E-state index in [1.165, 1.54) is 0 Å². The Bertz CT molecular complexity index is 611. The highest BCUT2D eigenvalue weighted by molar-refractivity contribution is 6.24. The fourth-order valence-corrected chi connectivity index (χ4v) is 3.39. The van der Waals surface area contributed by atoms with Crippen molar-refractivity contribution in [1.82, 2.24) is 4.98 Å². The van der Waals surface area contributed by atoms with Gasteiger partial charge in [-0.3, -0.25) is 9.59 Å². The van der Waals surface area contributed by atoms with Crippen molar-refractivity contribution in [3.63, 3.8) is 0 Å². The summed E-state index contributed by atoms with van der Waals surface area (Å²) in [7, 11) is 0. The van der Waals surface area contributed by atoms with Gasteiger partial charge in [0.05, 0.1) is 11.1 Å². The molecule has 6 nitrogen and oxygen atoms in total. The molecule has 0 unspecified atom stereocenters. The number of aromatic nitrogens is 1. The van der Waals surface area contributed by atoms with Crippen molar-refractivity contribution in [1.29, 1.82) is 0 Å². The summed E-state index contributed by atoms with van der Waals surface area (Å²) in [5.74, 6) is -1.69. The van der Waals surface area contributed by atoms with Crippen molar-refractivity contribution >= 4 is 23.5 Å². The Kier molecular flexibility index (Phi) is 2.70. The molecule has 1 aromatic rings. The zero-order chi connectivity index (χ0) is 14.5. The van der Waals surface area contributed by atoms with Crippen LogP contribution in [0.3, 0.4) is 0 Å². The zero-order valence-corrected chi connectivity index (χ0v) is 11.2. The maximum Gasteiger partial charge on any atom is 0.354 e. The average Bonchev–Trinajstić information content (AvgIpc) is 3.02. The van der Waals surface area contributed by atoms with E-state index in [0.29, 0.717) is 5.69 Å². The lowest BCUT2D eigenvalue weighted by Crippen LogP contribution is -2.35. The van der Waals surface area contributed by atoms with Crippen LogP contribution in [-0.4, -0.2) is 27.9 Å². The third kappa shape index (κ3) is 1.67. The van der Waals surface area contributed by atoms with Gasteiger partial charge in [-0.1, -0.05) is 12.8 Å². The van der Waals surface area contributed by atoms with E-state index >= 15 is 0 Å². The summed E-state index contributed by atoms with van der Waals surface area (Å²) in [4.78, 5) is 39.9. The number of hydrogen-bond acceptors (Lipinski definition) is 3. The number of imide groups is 1. The summed E-state index contributed by atoms with van der Waals surface area (Å²) in [5.41, 5.74) is 0.108. The number of carboxylic acid groups (broad SMARTS) is 1. The number of aromatic amines is 1. The number of rotatable bonds is 2. The maximum atomic E-state index is 12.6.